The van der Waals surface area contributed by atoms with E-state index in [4.69, 9.17) is 5.73 Å². The fourth-order valence-electron chi connectivity index (χ4n) is 4.17. The number of nitrogens with two attached hydrogens (primary N) is 1. The number of anilines is 3. The highest BCUT2D eigenvalue weighted by Gasteiger charge is 2.21. The van der Waals surface area contributed by atoms with Crippen LogP contribution in [-0.2, 0) is 6.54 Å². The van der Waals surface area contributed by atoms with Crippen molar-refractivity contribution in [2.24, 2.45) is 5.73 Å². The van der Waals surface area contributed by atoms with Gasteiger partial charge in [0.25, 0.3) is 11.8 Å². The van der Waals surface area contributed by atoms with Crippen LogP contribution in [-0.4, -0.2) is 46.0 Å². The van der Waals surface area contributed by atoms with E-state index in [0.29, 0.717) is 22.2 Å². The number of β-amino-alcohol motifs (C(OH)–C–C–N with tert-alkyl or cyclic N) is 1. The van der Waals surface area contributed by atoms with Crippen LogP contribution >= 0.6 is 11.3 Å². The van der Waals surface area contributed by atoms with E-state index in [2.05, 4.69) is 20.5 Å². The SMILES string of the molecule is NC(=O)c1nc(Nc2ccc3ccccc3c2)sc1NC(=O)c1ccc(CN2CCC(O)C2)cc1. The maximum absolute atomic E-state index is 12.9. The summed E-state index contributed by atoms with van der Waals surface area (Å²) >= 11 is 1.15. The molecule has 0 radical (unpaired) electrons. The molecule has 1 saturated heterocycles. The Morgan fingerprint density at radius 3 is 2.57 bits per heavy atom. The van der Waals surface area contributed by atoms with Gasteiger partial charge in [0.05, 0.1) is 6.10 Å². The van der Waals surface area contributed by atoms with Gasteiger partial charge in [0, 0.05) is 30.9 Å². The Morgan fingerprint density at radius 2 is 1.86 bits per heavy atom. The molecular formula is C26H25N5O3S. The number of amides is 2. The molecule has 0 aliphatic carbocycles. The number of aromatic nitrogens is 1. The molecule has 1 aliphatic heterocycles. The second-order valence-electron chi connectivity index (χ2n) is 8.58. The predicted molar refractivity (Wildman–Crippen MR) is 138 cm³/mol. The largest absolute Gasteiger partial charge is 0.392 e. The summed E-state index contributed by atoms with van der Waals surface area (Å²) in [5.74, 6) is -1.07. The Morgan fingerprint density at radius 1 is 1.09 bits per heavy atom. The number of benzene rings is 3. The Kier molecular flexibility index (Phi) is 6.45. The molecule has 1 unspecified atom stereocenters. The van der Waals surface area contributed by atoms with Crippen LogP contribution in [0.3, 0.4) is 0 Å². The van der Waals surface area contributed by atoms with Gasteiger partial charge in [-0.1, -0.05) is 53.8 Å². The number of hydrogen-bond donors (Lipinski definition) is 4. The molecule has 0 spiro atoms. The molecule has 0 saturated carbocycles. The van der Waals surface area contributed by atoms with Crippen LogP contribution < -0.4 is 16.4 Å². The number of nitrogens with zero attached hydrogens (tertiary/aromatic N) is 2. The summed E-state index contributed by atoms with van der Waals surface area (Å²) in [7, 11) is 0. The fraction of sp³-hybridized carbons (Fsp3) is 0.192. The highest BCUT2D eigenvalue weighted by atomic mass is 32.1. The number of nitrogens with one attached hydrogen (secondary N) is 2. The molecule has 9 heteroatoms. The zero-order chi connectivity index (χ0) is 24.4. The molecule has 5 N–H and O–H groups in total. The third kappa shape index (κ3) is 5.32. The minimum atomic E-state index is -0.716. The molecule has 4 aromatic rings. The average Bonchev–Trinajstić information content (AvgIpc) is 3.45. The minimum absolute atomic E-state index is 0.0100. The maximum Gasteiger partial charge on any atom is 0.270 e. The second kappa shape index (κ2) is 9.83. The van der Waals surface area contributed by atoms with E-state index >= 15 is 0 Å². The van der Waals surface area contributed by atoms with E-state index in [1.807, 2.05) is 54.6 Å². The van der Waals surface area contributed by atoms with Crippen molar-refractivity contribution in [3.63, 3.8) is 0 Å². The van der Waals surface area contributed by atoms with Crippen LogP contribution in [0.1, 0.15) is 32.8 Å². The first kappa shape index (κ1) is 23.0. The molecule has 3 aromatic carbocycles. The number of rotatable bonds is 7. The summed E-state index contributed by atoms with van der Waals surface area (Å²) in [5, 5.41) is 18.6. The van der Waals surface area contributed by atoms with E-state index in [-0.39, 0.29) is 17.7 Å². The van der Waals surface area contributed by atoms with Crippen LogP contribution in [0.5, 0.6) is 0 Å². The fourth-order valence-corrected chi connectivity index (χ4v) is 5.05. The number of thiazole rings is 1. The standard InChI is InChI=1S/C26H25N5O3S/c27-23(33)22-25(35-26(29-22)28-20-10-9-17-3-1-2-4-19(17)13-20)30-24(34)18-7-5-16(6-8-18)14-31-12-11-21(32)15-31/h1-10,13,21,32H,11-12,14-15H2,(H2,27,33)(H,28,29)(H,30,34). The van der Waals surface area contributed by atoms with Gasteiger partial charge in [0.15, 0.2) is 10.8 Å². The normalized spacial score (nSPS) is 15.9. The topological polar surface area (TPSA) is 121 Å². The quantitative estimate of drug-likeness (QED) is 0.313. The molecule has 8 nitrogen and oxygen atoms in total. The molecule has 0 bridgehead atoms. The lowest BCUT2D eigenvalue weighted by Gasteiger charge is -2.15. The van der Waals surface area contributed by atoms with Gasteiger partial charge < -0.3 is 21.5 Å². The van der Waals surface area contributed by atoms with Crippen molar-refractivity contribution in [3.8, 4) is 0 Å². The monoisotopic (exact) mass is 487 g/mol. The first-order chi connectivity index (χ1) is 16.9. The third-order valence-electron chi connectivity index (χ3n) is 5.96. The zero-order valence-electron chi connectivity index (χ0n) is 18.9. The highest BCUT2D eigenvalue weighted by molar-refractivity contribution is 7.20. The number of likely N-dealkylation sites (tertiary alicyclic amines) is 1. The van der Waals surface area contributed by atoms with Gasteiger partial charge in [-0.2, -0.15) is 0 Å². The predicted octanol–water partition coefficient (Wildman–Crippen LogP) is 3.96. The lowest BCUT2D eigenvalue weighted by atomic mass is 10.1. The van der Waals surface area contributed by atoms with Gasteiger partial charge in [-0.3, -0.25) is 14.5 Å². The number of carbonyl (C=O) groups excluding carboxylic acids is 2. The Hall–Kier alpha value is -3.79. The zero-order valence-corrected chi connectivity index (χ0v) is 19.7. The molecule has 5 rings (SSSR count). The van der Waals surface area contributed by atoms with Gasteiger partial charge >= 0.3 is 0 Å². The van der Waals surface area contributed by atoms with Crippen molar-refractivity contribution in [2.75, 3.05) is 23.7 Å². The summed E-state index contributed by atoms with van der Waals surface area (Å²) in [6.45, 7) is 2.25. The van der Waals surface area contributed by atoms with Gasteiger partial charge in [-0.25, -0.2) is 4.98 Å². The molecule has 35 heavy (non-hydrogen) atoms. The number of hydrogen-bond acceptors (Lipinski definition) is 7. The van der Waals surface area contributed by atoms with E-state index < -0.39 is 5.91 Å². The average molecular weight is 488 g/mol. The van der Waals surface area contributed by atoms with E-state index in [1.54, 1.807) is 12.1 Å². The Balaban J connectivity index is 1.29. The summed E-state index contributed by atoms with van der Waals surface area (Å²) in [5.41, 5.74) is 7.87. The molecule has 2 amide bonds. The minimum Gasteiger partial charge on any atom is -0.392 e. The van der Waals surface area contributed by atoms with Gasteiger partial charge in [-0.15, -0.1) is 0 Å². The smallest absolute Gasteiger partial charge is 0.270 e. The van der Waals surface area contributed by atoms with Gasteiger partial charge in [0.1, 0.15) is 5.00 Å². The summed E-state index contributed by atoms with van der Waals surface area (Å²) in [4.78, 5) is 31.3. The number of fused-ring (bicyclic) bond motifs is 1. The molecule has 1 aromatic heterocycles. The van der Waals surface area contributed by atoms with Crippen LogP contribution in [0.25, 0.3) is 10.8 Å². The van der Waals surface area contributed by atoms with Gasteiger partial charge in [0.2, 0.25) is 0 Å². The molecular weight excluding hydrogens is 462 g/mol. The molecule has 1 atom stereocenters. The molecule has 1 aliphatic rings. The molecule has 1 fully saturated rings. The van der Waals surface area contributed by atoms with Crippen molar-refractivity contribution in [3.05, 3.63) is 83.6 Å². The highest BCUT2D eigenvalue weighted by Crippen LogP contribution is 2.32. The van der Waals surface area contributed by atoms with Crippen molar-refractivity contribution >= 4 is 49.7 Å². The molecule has 2 heterocycles. The number of carbonyl (C=O) groups is 2. The number of aliphatic hydroxyl groups excluding tert-OH is 1. The lowest BCUT2D eigenvalue weighted by Crippen LogP contribution is -2.21. The summed E-state index contributed by atoms with van der Waals surface area (Å²) < 4.78 is 0. The molecule has 178 valence electrons. The lowest BCUT2D eigenvalue weighted by molar-refractivity contribution is 0.0997. The van der Waals surface area contributed by atoms with Crippen molar-refractivity contribution in [1.29, 1.82) is 0 Å². The van der Waals surface area contributed by atoms with E-state index in [0.717, 1.165) is 52.9 Å². The van der Waals surface area contributed by atoms with Crippen molar-refractivity contribution in [2.45, 2.75) is 19.1 Å². The summed E-state index contributed by atoms with van der Waals surface area (Å²) in [6, 6.07) is 21.2. The van der Waals surface area contributed by atoms with Crippen molar-refractivity contribution < 1.29 is 14.7 Å². The first-order valence-electron chi connectivity index (χ1n) is 11.3. The van der Waals surface area contributed by atoms with Crippen LogP contribution in [0, 0.1) is 0 Å². The van der Waals surface area contributed by atoms with Crippen LogP contribution in [0.15, 0.2) is 66.7 Å². The van der Waals surface area contributed by atoms with Crippen LogP contribution in [0.2, 0.25) is 0 Å². The summed E-state index contributed by atoms with van der Waals surface area (Å²) in [6.07, 6.45) is 0.523. The third-order valence-corrected chi connectivity index (χ3v) is 6.84. The number of aliphatic hydroxyl groups is 1. The Bertz CT molecular complexity index is 1390. The Labute approximate surface area is 206 Å². The number of primary amides is 1. The van der Waals surface area contributed by atoms with Crippen LogP contribution in [0.4, 0.5) is 15.8 Å². The maximum atomic E-state index is 12.9. The first-order valence-corrected chi connectivity index (χ1v) is 12.1. The van der Waals surface area contributed by atoms with Gasteiger partial charge in [-0.05, 0) is 47.0 Å². The van der Waals surface area contributed by atoms with E-state index in [9.17, 15) is 14.7 Å². The second-order valence-corrected chi connectivity index (χ2v) is 9.58. The van der Waals surface area contributed by atoms with E-state index in [1.165, 1.54) is 0 Å². The van der Waals surface area contributed by atoms with Crippen molar-refractivity contribution in [1.82, 2.24) is 9.88 Å².